The minimum Gasteiger partial charge on any atom is -0.315 e. The molecule has 3 N–H and O–H groups in total. The Morgan fingerprint density at radius 1 is 0.971 bits per heavy atom. The molecule has 1 aliphatic rings. The molecule has 0 bridgehead atoms. The molecule has 0 aromatic heterocycles. The number of rotatable bonds is 11. The lowest BCUT2D eigenvalue weighted by molar-refractivity contribution is 0.408. The molecule has 4 rings (SSSR count). The summed E-state index contributed by atoms with van der Waals surface area (Å²) in [5.41, 5.74) is 3.83. The van der Waals surface area contributed by atoms with Crippen LogP contribution in [0, 0.1) is 6.92 Å². The fourth-order valence-corrected chi connectivity index (χ4v) is 6.61. The molecule has 0 aliphatic heterocycles. The Morgan fingerprint density at radius 3 is 2.51 bits per heavy atom. The molecule has 0 heterocycles. The van der Waals surface area contributed by atoms with E-state index in [9.17, 15) is 8.42 Å². The van der Waals surface area contributed by atoms with Gasteiger partial charge in [0, 0.05) is 30.1 Å². The first-order valence-corrected chi connectivity index (χ1v) is 14.4. The van der Waals surface area contributed by atoms with Gasteiger partial charge in [-0.3, -0.25) is 0 Å². The van der Waals surface area contributed by atoms with Crippen LogP contribution in [-0.2, 0) is 16.4 Å². The molecule has 0 radical (unpaired) electrons. The van der Waals surface area contributed by atoms with E-state index in [1.54, 1.807) is 6.07 Å². The van der Waals surface area contributed by atoms with E-state index in [0.717, 1.165) is 55.0 Å². The van der Waals surface area contributed by atoms with Crippen molar-refractivity contribution < 1.29 is 8.42 Å². The lowest BCUT2D eigenvalue weighted by atomic mass is 9.87. The zero-order chi connectivity index (χ0) is 24.8. The van der Waals surface area contributed by atoms with Gasteiger partial charge in [-0.05, 0) is 73.7 Å². The molecule has 1 aliphatic carbocycles. The van der Waals surface area contributed by atoms with Gasteiger partial charge in [0.2, 0.25) is 10.0 Å². The van der Waals surface area contributed by atoms with Crippen molar-refractivity contribution in [2.45, 2.75) is 75.9 Å². The Kier molecular flexibility index (Phi) is 8.60. The lowest BCUT2D eigenvalue weighted by Gasteiger charge is -2.29. The Morgan fingerprint density at radius 2 is 1.71 bits per heavy atom. The quantitative estimate of drug-likeness (QED) is 0.320. The van der Waals surface area contributed by atoms with Gasteiger partial charge in [0.15, 0.2) is 0 Å². The average molecular weight is 494 g/mol. The molecule has 3 aromatic rings. The Labute approximate surface area is 210 Å². The predicted molar refractivity (Wildman–Crippen MR) is 145 cm³/mol. The normalized spacial score (nSPS) is 17.0. The minimum atomic E-state index is -3.68. The minimum absolute atomic E-state index is 0.192. The first-order chi connectivity index (χ1) is 16.8. The molecule has 3 aromatic carbocycles. The van der Waals surface area contributed by atoms with Crippen molar-refractivity contribution >= 4 is 20.8 Å². The number of nitrogens with one attached hydrogen (secondary N) is 3. The molecule has 0 amide bonds. The number of aryl methyl sites for hydroxylation is 2. The molecule has 188 valence electrons. The van der Waals surface area contributed by atoms with Crippen LogP contribution in [0.3, 0.4) is 0 Å². The first kappa shape index (κ1) is 25.8. The second kappa shape index (κ2) is 11.7. The average Bonchev–Trinajstić information content (AvgIpc) is 2.85. The van der Waals surface area contributed by atoms with E-state index >= 15 is 0 Å². The fraction of sp³-hybridized carbons (Fsp3) is 0.448. The van der Waals surface area contributed by atoms with Gasteiger partial charge < -0.3 is 10.6 Å². The zero-order valence-corrected chi connectivity index (χ0v) is 22.0. The van der Waals surface area contributed by atoms with E-state index < -0.39 is 10.0 Å². The summed E-state index contributed by atoms with van der Waals surface area (Å²) in [7, 11) is -3.68. The Bertz CT molecular complexity index is 1240. The summed E-state index contributed by atoms with van der Waals surface area (Å²) in [5.74, 6) is 0. The number of hydrogen-bond donors (Lipinski definition) is 3. The third-order valence-corrected chi connectivity index (χ3v) is 8.55. The molecule has 0 saturated heterocycles. The van der Waals surface area contributed by atoms with Gasteiger partial charge in [-0.15, -0.1) is 0 Å². The first-order valence-electron chi connectivity index (χ1n) is 12.9. The van der Waals surface area contributed by atoms with Crippen molar-refractivity contribution in [3.05, 3.63) is 77.4 Å². The monoisotopic (exact) mass is 493 g/mol. The summed E-state index contributed by atoms with van der Waals surface area (Å²) < 4.78 is 30.3. The van der Waals surface area contributed by atoms with Crippen LogP contribution in [0.15, 0.2) is 65.6 Å². The Balaban J connectivity index is 1.52. The highest BCUT2D eigenvalue weighted by Gasteiger charge is 2.25. The van der Waals surface area contributed by atoms with Crippen LogP contribution >= 0.6 is 0 Å². The van der Waals surface area contributed by atoms with E-state index in [1.165, 1.54) is 11.1 Å². The summed E-state index contributed by atoms with van der Waals surface area (Å²) in [5, 5.41) is 8.90. The lowest BCUT2D eigenvalue weighted by Crippen LogP contribution is -2.43. The number of sulfonamides is 1. The maximum absolute atomic E-state index is 13.6. The van der Waals surface area contributed by atoms with Crippen LogP contribution < -0.4 is 15.4 Å². The van der Waals surface area contributed by atoms with Crippen LogP contribution in [0.4, 0.5) is 0 Å². The Hall–Kier alpha value is -2.25. The van der Waals surface area contributed by atoms with E-state index in [4.69, 9.17) is 0 Å². The molecule has 35 heavy (non-hydrogen) atoms. The molecule has 2 atom stereocenters. The topological polar surface area (TPSA) is 70.2 Å². The van der Waals surface area contributed by atoms with E-state index in [-0.39, 0.29) is 12.1 Å². The van der Waals surface area contributed by atoms with E-state index in [1.807, 2.05) is 37.3 Å². The second-order valence-electron chi connectivity index (χ2n) is 10.0. The van der Waals surface area contributed by atoms with Gasteiger partial charge in [-0.2, -0.15) is 0 Å². The molecule has 6 heteroatoms. The number of fused-ring (bicyclic) bond motifs is 2. The van der Waals surface area contributed by atoms with Gasteiger partial charge in [0.1, 0.15) is 0 Å². The highest BCUT2D eigenvalue weighted by Crippen LogP contribution is 2.30. The SMILES string of the molecule is Cc1ccc(S(=O)(=O)N[C@@H](CCCNC(C)C)CNC2CCCc3ccccc32)c2ccccc12. The highest BCUT2D eigenvalue weighted by molar-refractivity contribution is 7.89. The summed E-state index contributed by atoms with van der Waals surface area (Å²) >= 11 is 0. The third-order valence-electron chi connectivity index (χ3n) is 6.98. The molecule has 0 saturated carbocycles. The molecule has 5 nitrogen and oxygen atoms in total. The van der Waals surface area contributed by atoms with Gasteiger partial charge in [0.25, 0.3) is 0 Å². The van der Waals surface area contributed by atoms with Crippen LogP contribution in [0.5, 0.6) is 0 Å². The maximum Gasteiger partial charge on any atom is 0.241 e. The van der Waals surface area contributed by atoms with Crippen LogP contribution in [0.25, 0.3) is 10.8 Å². The van der Waals surface area contributed by atoms with Crippen molar-refractivity contribution in [1.29, 1.82) is 0 Å². The molecular weight excluding hydrogens is 454 g/mol. The van der Waals surface area contributed by atoms with Crippen LogP contribution in [0.2, 0.25) is 0 Å². The highest BCUT2D eigenvalue weighted by atomic mass is 32.2. The van der Waals surface area contributed by atoms with Gasteiger partial charge in [-0.25, -0.2) is 13.1 Å². The summed E-state index contributed by atoms with van der Waals surface area (Å²) in [6.45, 7) is 7.75. The standard InChI is InChI=1S/C29H39N3O2S/c1-21(2)30-19-9-12-24(20-31-28-16-8-11-23-10-4-5-14-26(23)28)32-35(33,34)29-18-17-22(3)25-13-6-7-15-27(25)29/h4-7,10,13-15,17-18,21,24,28,30-32H,8-9,11-12,16,19-20H2,1-3H3/t24-,28?/m0/s1. The smallest absolute Gasteiger partial charge is 0.241 e. The predicted octanol–water partition coefficient (Wildman–Crippen LogP) is 5.24. The van der Waals surface area contributed by atoms with Crippen molar-refractivity contribution in [3.63, 3.8) is 0 Å². The van der Waals surface area contributed by atoms with Gasteiger partial charge in [0.05, 0.1) is 4.90 Å². The summed E-state index contributed by atoms with van der Waals surface area (Å²) in [4.78, 5) is 0.354. The van der Waals surface area contributed by atoms with Crippen molar-refractivity contribution in [2.24, 2.45) is 0 Å². The van der Waals surface area contributed by atoms with Gasteiger partial charge >= 0.3 is 0 Å². The molecular formula is C29H39N3O2S. The van der Waals surface area contributed by atoms with Gasteiger partial charge in [-0.1, -0.05) is 68.4 Å². The molecule has 1 unspecified atom stereocenters. The van der Waals surface area contributed by atoms with Crippen molar-refractivity contribution in [2.75, 3.05) is 13.1 Å². The van der Waals surface area contributed by atoms with Crippen LogP contribution in [0.1, 0.15) is 62.3 Å². The van der Waals surface area contributed by atoms with Crippen LogP contribution in [-0.4, -0.2) is 33.6 Å². The summed E-state index contributed by atoms with van der Waals surface area (Å²) in [6.07, 6.45) is 5.02. The fourth-order valence-electron chi connectivity index (χ4n) is 5.13. The zero-order valence-electron chi connectivity index (χ0n) is 21.2. The van der Waals surface area contributed by atoms with Crippen molar-refractivity contribution in [3.8, 4) is 0 Å². The maximum atomic E-state index is 13.6. The third kappa shape index (κ3) is 6.50. The largest absolute Gasteiger partial charge is 0.315 e. The second-order valence-corrected chi connectivity index (χ2v) is 11.7. The number of benzene rings is 3. The van der Waals surface area contributed by atoms with E-state index in [2.05, 4.69) is 53.5 Å². The number of hydrogen-bond acceptors (Lipinski definition) is 4. The van der Waals surface area contributed by atoms with Crippen molar-refractivity contribution in [1.82, 2.24) is 15.4 Å². The van der Waals surface area contributed by atoms with E-state index in [0.29, 0.717) is 17.5 Å². The molecule has 0 spiro atoms. The summed E-state index contributed by atoms with van der Waals surface area (Å²) in [6, 6.07) is 20.5. The molecule has 0 fully saturated rings.